The van der Waals surface area contributed by atoms with E-state index in [2.05, 4.69) is 0 Å². The predicted molar refractivity (Wildman–Crippen MR) is 43.8 cm³/mol. The Morgan fingerprint density at radius 1 is 1.14 bits per heavy atom. The van der Waals surface area contributed by atoms with Gasteiger partial charge in [-0.15, -0.1) is 0 Å². The Kier molecular flexibility index (Phi) is 3.46. The van der Waals surface area contributed by atoms with E-state index in [0.717, 1.165) is 12.1 Å². The zero-order valence-electron chi connectivity index (χ0n) is 7.24. The molecule has 0 heterocycles. The van der Waals surface area contributed by atoms with Crippen molar-refractivity contribution in [1.82, 2.24) is 0 Å². The molecule has 1 aromatic carbocycles. The van der Waals surface area contributed by atoms with E-state index in [0.29, 0.717) is 0 Å². The number of hydrogen-bond acceptors (Lipinski definition) is 1. The van der Waals surface area contributed by atoms with Crippen LogP contribution in [-0.2, 0) is 0 Å². The SMILES string of the molecule is N[C@@H](CCF)c1cc(F)c(F)c(F)c1. The third-order valence-electron chi connectivity index (χ3n) is 1.85. The number of rotatable bonds is 3. The smallest absolute Gasteiger partial charge is 0.194 e. The fourth-order valence-electron chi connectivity index (χ4n) is 1.07. The standard InChI is InChI=1S/C9H9F4N/c10-2-1-8(14)5-3-6(11)9(13)7(12)4-5/h3-4,8H,1-2,14H2/t8-/m0/s1. The van der Waals surface area contributed by atoms with E-state index in [1.807, 2.05) is 0 Å². The van der Waals surface area contributed by atoms with Crippen molar-refractivity contribution in [2.45, 2.75) is 12.5 Å². The molecule has 0 unspecified atom stereocenters. The molecule has 0 bridgehead atoms. The number of halogens is 4. The van der Waals surface area contributed by atoms with Crippen molar-refractivity contribution in [3.8, 4) is 0 Å². The van der Waals surface area contributed by atoms with Crippen LogP contribution in [0.15, 0.2) is 12.1 Å². The molecule has 1 atom stereocenters. The van der Waals surface area contributed by atoms with Gasteiger partial charge in [0.15, 0.2) is 17.5 Å². The molecule has 0 saturated carbocycles. The lowest BCUT2D eigenvalue weighted by atomic mass is 10.0. The Bertz CT molecular complexity index is 304. The Morgan fingerprint density at radius 2 is 1.64 bits per heavy atom. The molecule has 0 spiro atoms. The third kappa shape index (κ3) is 2.23. The topological polar surface area (TPSA) is 26.0 Å². The maximum atomic E-state index is 12.7. The summed E-state index contributed by atoms with van der Waals surface area (Å²) in [4.78, 5) is 0. The van der Waals surface area contributed by atoms with Crippen LogP contribution in [0.5, 0.6) is 0 Å². The molecule has 14 heavy (non-hydrogen) atoms. The van der Waals surface area contributed by atoms with E-state index in [-0.39, 0.29) is 12.0 Å². The van der Waals surface area contributed by atoms with Crippen molar-refractivity contribution >= 4 is 0 Å². The van der Waals surface area contributed by atoms with Crippen molar-refractivity contribution in [3.63, 3.8) is 0 Å². The molecule has 0 aromatic heterocycles. The highest BCUT2D eigenvalue weighted by atomic mass is 19.2. The Labute approximate surface area is 78.5 Å². The largest absolute Gasteiger partial charge is 0.324 e. The zero-order chi connectivity index (χ0) is 10.7. The van der Waals surface area contributed by atoms with Crippen LogP contribution in [0.3, 0.4) is 0 Å². The molecule has 0 aliphatic rings. The van der Waals surface area contributed by atoms with Crippen molar-refractivity contribution in [2.24, 2.45) is 5.73 Å². The van der Waals surface area contributed by atoms with E-state index in [4.69, 9.17) is 5.73 Å². The van der Waals surface area contributed by atoms with Gasteiger partial charge < -0.3 is 5.73 Å². The van der Waals surface area contributed by atoms with E-state index < -0.39 is 30.2 Å². The van der Waals surface area contributed by atoms with Crippen LogP contribution in [0, 0.1) is 17.5 Å². The van der Waals surface area contributed by atoms with E-state index >= 15 is 0 Å². The van der Waals surface area contributed by atoms with Gasteiger partial charge in [0.05, 0.1) is 6.67 Å². The third-order valence-corrected chi connectivity index (χ3v) is 1.85. The summed E-state index contributed by atoms with van der Waals surface area (Å²) in [6.45, 7) is -0.693. The van der Waals surface area contributed by atoms with Crippen LogP contribution in [0.1, 0.15) is 18.0 Å². The lowest BCUT2D eigenvalue weighted by Crippen LogP contribution is -2.12. The van der Waals surface area contributed by atoms with Crippen LogP contribution < -0.4 is 5.73 Å². The summed E-state index contributed by atoms with van der Waals surface area (Å²) in [5.74, 6) is -4.16. The van der Waals surface area contributed by atoms with Gasteiger partial charge in [0.2, 0.25) is 0 Å². The first-order chi connectivity index (χ1) is 6.56. The molecule has 0 aliphatic heterocycles. The minimum absolute atomic E-state index is 0.0511. The minimum Gasteiger partial charge on any atom is -0.324 e. The first kappa shape index (κ1) is 11.0. The van der Waals surface area contributed by atoms with Gasteiger partial charge in [-0.3, -0.25) is 4.39 Å². The normalized spacial score (nSPS) is 12.9. The fourth-order valence-corrected chi connectivity index (χ4v) is 1.07. The van der Waals surface area contributed by atoms with Gasteiger partial charge in [0.25, 0.3) is 0 Å². The number of hydrogen-bond donors (Lipinski definition) is 1. The van der Waals surface area contributed by atoms with Crippen LogP contribution in [0.2, 0.25) is 0 Å². The van der Waals surface area contributed by atoms with E-state index in [1.54, 1.807) is 0 Å². The van der Waals surface area contributed by atoms with Crippen LogP contribution >= 0.6 is 0 Å². The number of benzene rings is 1. The Hall–Kier alpha value is -1.10. The molecule has 0 fully saturated rings. The van der Waals surface area contributed by atoms with Crippen molar-refractivity contribution < 1.29 is 17.6 Å². The molecule has 0 saturated heterocycles. The van der Waals surface area contributed by atoms with Crippen LogP contribution in [0.25, 0.3) is 0 Å². The van der Waals surface area contributed by atoms with Gasteiger partial charge in [-0.2, -0.15) is 0 Å². The average molecular weight is 207 g/mol. The molecular formula is C9H9F4N. The van der Waals surface area contributed by atoms with Crippen molar-refractivity contribution in [2.75, 3.05) is 6.67 Å². The van der Waals surface area contributed by atoms with Crippen molar-refractivity contribution in [1.29, 1.82) is 0 Å². The van der Waals surface area contributed by atoms with Crippen LogP contribution in [-0.4, -0.2) is 6.67 Å². The van der Waals surface area contributed by atoms with Gasteiger partial charge in [-0.1, -0.05) is 0 Å². The number of alkyl halides is 1. The molecule has 0 amide bonds. The maximum absolute atomic E-state index is 12.7. The molecule has 0 radical (unpaired) electrons. The quantitative estimate of drug-likeness (QED) is 0.598. The first-order valence-corrected chi connectivity index (χ1v) is 4.02. The lowest BCUT2D eigenvalue weighted by Gasteiger charge is -2.10. The highest BCUT2D eigenvalue weighted by Gasteiger charge is 2.14. The molecule has 1 nitrogen and oxygen atoms in total. The van der Waals surface area contributed by atoms with E-state index in [1.165, 1.54) is 0 Å². The molecule has 2 N–H and O–H groups in total. The first-order valence-electron chi connectivity index (χ1n) is 4.02. The zero-order valence-corrected chi connectivity index (χ0v) is 7.24. The summed E-state index contributed by atoms with van der Waals surface area (Å²) >= 11 is 0. The molecule has 1 aromatic rings. The highest BCUT2D eigenvalue weighted by Crippen LogP contribution is 2.19. The molecule has 1 rings (SSSR count). The summed E-state index contributed by atoms with van der Waals surface area (Å²) < 4.78 is 49.7. The maximum Gasteiger partial charge on any atom is 0.194 e. The second-order valence-electron chi connectivity index (χ2n) is 2.88. The predicted octanol–water partition coefficient (Wildman–Crippen LogP) is 2.46. The monoisotopic (exact) mass is 207 g/mol. The van der Waals surface area contributed by atoms with Gasteiger partial charge in [-0.25, -0.2) is 13.2 Å². The summed E-state index contributed by atoms with van der Waals surface area (Å²) in [5.41, 5.74) is 5.45. The molecule has 78 valence electrons. The van der Waals surface area contributed by atoms with Gasteiger partial charge in [0, 0.05) is 6.04 Å². The highest BCUT2D eigenvalue weighted by molar-refractivity contribution is 5.22. The molecule has 0 aliphatic carbocycles. The minimum atomic E-state index is -1.54. The van der Waals surface area contributed by atoms with Gasteiger partial charge >= 0.3 is 0 Å². The Balaban J connectivity index is 3.00. The average Bonchev–Trinajstić information content (AvgIpc) is 2.13. The summed E-state index contributed by atoms with van der Waals surface area (Å²) in [7, 11) is 0. The Morgan fingerprint density at radius 3 is 2.07 bits per heavy atom. The van der Waals surface area contributed by atoms with Crippen molar-refractivity contribution in [3.05, 3.63) is 35.1 Å². The summed E-state index contributed by atoms with van der Waals surface area (Å²) in [6.07, 6.45) is -0.0511. The summed E-state index contributed by atoms with van der Waals surface area (Å²) in [5, 5.41) is 0. The second kappa shape index (κ2) is 4.41. The van der Waals surface area contributed by atoms with Gasteiger partial charge in [0.1, 0.15) is 0 Å². The second-order valence-corrected chi connectivity index (χ2v) is 2.88. The molecule has 5 heteroatoms. The lowest BCUT2D eigenvalue weighted by molar-refractivity contribution is 0.427. The van der Waals surface area contributed by atoms with E-state index in [9.17, 15) is 17.6 Å². The van der Waals surface area contributed by atoms with Crippen LogP contribution in [0.4, 0.5) is 17.6 Å². The number of nitrogens with two attached hydrogens (primary N) is 1. The molecular weight excluding hydrogens is 198 g/mol. The fraction of sp³-hybridized carbons (Fsp3) is 0.333. The summed E-state index contributed by atoms with van der Waals surface area (Å²) in [6, 6.07) is 0.738. The van der Waals surface area contributed by atoms with Gasteiger partial charge in [-0.05, 0) is 24.1 Å².